The van der Waals surface area contributed by atoms with Crippen molar-refractivity contribution in [2.45, 2.75) is 44.1 Å². The lowest BCUT2D eigenvalue weighted by molar-refractivity contribution is -0.139. The molecule has 4 rings (SSSR count). The number of rotatable bonds is 5. The topological polar surface area (TPSA) is 87.5 Å². The smallest absolute Gasteiger partial charge is 0.339 e. The van der Waals surface area contributed by atoms with E-state index in [1.165, 1.54) is 5.01 Å². The molecule has 15 heteroatoms. The maximum atomic E-state index is 13.1. The molecule has 2 saturated heterocycles. The monoisotopic (exact) mass is 519 g/mol. The Labute approximate surface area is 201 Å². The van der Waals surface area contributed by atoms with Crippen LogP contribution in [0.1, 0.15) is 36.8 Å². The zero-order chi connectivity index (χ0) is 26.1. The number of amides is 1. The summed E-state index contributed by atoms with van der Waals surface area (Å²) in [6, 6.07) is 0.326. The summed E-state index contributed by atoms with van der Waals surface area (Å²) in [6.45, 7) is 1.68. The Balaban J connectivity index is 1.31. The lowest BCUT2D eigenvalue weighted by atomic mass is 10.1. The van der Waals surface area contributed by atoms with Crippen LogP contribution in [0.25, 0.3) is 0 Å². The molecule has 1 atom stereocenters. The number of anilines is 1. The summed E-state index contributed by atoms with van der Waals surface area (Å²) >= 11 is 0. The number of carbonyl (C=O) groups excluding carboxylic acids is 1. The van der Waals surface area contributed by atoms with Crippen LogP contribution in [0.4, 0.5) is 32.3 Å². The number of carbonyl (C=O) groups is 1. The largest absolute Gasteiger partial charge is 0.421 e. The molecule has 2 aromatic rings. The van der Waals surface area contributed by atoms with Gasteiger partial charge in [-0.05, 0) is 25.3 Å². The summed E-state index contributed by atoms with van der Waals surface area (Å²) in [5.74, 6) is -0.00471. The number of piperazine rings is 1. The van der Waals surface area contributed by atoms with Crippen molar-refractivity contribution in [2.75, 3.05) is 42.6 Å². The molecular formula is C21H23F6N7O2. The van der Waals surface area contributed by atoms with Gasteiger partial charge >= 0.3 is 12.4 Å². The van der Waals surface area contributed by atoms with E-state index in [9.17, 15) is 35.9 Å². The van der Waals surface area contributed by atoms with Crippen LogP contribution in [0.15, 0.2) is 29.5 Å². The summed E-state index contributed by atoms with van der Waals surface area (Å²) in [7, 11) is 0. The standard InChI is InChI=1S/C21H23F6N7O2/c22-20(23,24)14-12-28-19(29-13-14)32-10-8-31(9-11-32)17(35)4-3-15-2-1-7-33(15)34-18(36)16(5-6-30-34)21(25,26)27/h5-6,12-13,15H,1-4,7-11H2. The van der Waals surface area contributed by atoms with Crippen LogP contribution in [0.2, 0.25) is 0 Å². The first kappa shape index (κ1) is 25.7. The predicted octanol–water partition coefficient (Wildman–Crippen LogP) is 2.30. The molecule has 0 aliphatic carbocycles. The van der Waals surface area contributed by atoms with Crippen LogP contribution in [0.5, 0.6) is 0 Å². The van der Waals surface area contributed by atoms with E-state index < -0.39 is 29.0 Å². The number of hydrogen-bond acceptors (Lipinski definition) is 7. The third-order valence-corrected chi connectivity index (χ3v) is 6.30. The number of hydrogen-bond donors (Lipinski definition) is 0. The van der Waals surface area contributed by atoms with Crippen molar-refractivity contribution < 1.29 is 31.1 Å². The Kier molecular flexibility index (Phi) is 7.09. The molecule has 36 heavy (non-hydrogen) atoms. The van der Waals surface area contributed by atoms with Crippen molar-refractivity contribution in [3.8, 4) is 0 Å². The number of alkyl halides is 6. The third kappa shape index (κ3) is 5.54. The highest BCUT2D eigenvalue weighted by Gasteiger charge is 2.37. The molecular weight excluding hydrogens is 496 g/mol. The van der Waals surface area contributed by atoms with Gasteiger partial charge in [0.2, 0.25) is 11.9 Å². The van der Waals surface area contributed by atoms with E-state index in [-0.39, 0.29) is 24.3 Å². The van der Waals surface area contributed by atoms with Gasteiger partial charge in [-0.3, -0.25) is 14.6 Å². The number of nitrogens with zero attached hydrogens (tertiary/aromatic N) is 7. The Bertz CT molecular complexity index is 1130. The molecule has 2 fully saturated rings. The maximum Gasteiger partial charge on any atom is 0.421 e. The lowest BCUT2D eigenvalue weighted by Crippen LogP contribution is -2.50. The molecule has 0 radical (unpaired) electrons. The predicted molar refractivity (Wildman–Crippen MR) is 115 cm³/mol. The van der Waals surface area contributed by atoms with Crippen molar-refractivity contribution >= 4 is 11.9 Å². The van der Waals surface area contributed by atoms with Crippen LogP contribution in [0.3, 0.4) is 0 Å². The zero-order valence-electron chi connectivity index (χ0n) is 19.0. The quantitative estimate of drug-likeness (QED) is 0.561. The highest BCUT2D eigenvalue weighted by molar-refractivity contribution is 5.76. The van der Waals surface area contributed by atoms with Gasteiger partial charge in [-0.2, -0.15) is 31.4 Å². The molecule has 4 heterocycles. The molecule has 2 aliphatic heterocycles. The Morgan fingerprint density at radius 3 is 2.25 bits per heavy atom. The van der Waals surface area contributed by atoms with Gasteiger partial charge in [-0.1, -0.05) is 0 Å². The molecule has 1 unspecified atom stereocenters. The first-order valence-electron chi connectivity index (χ1n) is 11.3. The van der Waals surface area contributed by atoms with Gasteiger partial charge in [0.15, 0.2) is 0 Å². The minimum absolute atomic E-state index is 0.131. The maximum absolute atomic E-state index is 13.1. The minimum atomic E-state index is -4.79. The highest BCUT2D eigenvalue weighted by Crippen LogP contribution is 2.29. The van der Waals surface area contributed by atoms with Gasteiger partial charge in [0.1, 0.15) is 5.56 Å². The normalized spacial score (nSPS) is 19.2. The summed E-state index contributed by atoms with van der Waals surface area (Å²) in [5, 5.41) is 5.29. The second-order valence-corrected chi connectivity index (χ2v) is 8.57. The van der Waals surface area contributed by atoms with E-state index in [0.717, 1.165) is 23.4 Å². The molecule has 9 nitrogen and oxygen atoms in total. The van der Waals surface area contributed by atoms with Crippen LogP contribution in [-0.2, 0) is 17.1 Å². The van der Waals surface area contributed by atoms with Gasteiger partial charge in [0.25, 0.3) is 5.56 Å². The van der Waals surface area contributed by atoms with E-state index >= 15 is 0 Å². The second-order valence-electron chi connectivity index (χ2n) is 8.57. The summed E-state index contributed by atoms with van der Waals surface area (Å²) in [5.41, 5.74) is -3.48. The van der Waals surface area contributed by atoms with Crippen LogP contribution in [-0.4, -0.2) is 69.4 Å². The Morgan fingerprint density at radius 2 is 1.64 bits per heavy atom. The van der Waals surface area contributed by atoms with Crippen molar-refractivity contribution in [1.29, 1.82) is 0 Å². The van der Waals surface area contributed by atoms with Gasteiger partial charge < -0.3 is 9.80 Å². The third-order valence-electron chi connectivity index (χ3n) is 6.30. The lowest BCUT2D eigenvalue weighted by Gasteiger charge is -2.35. The SMILES string of the molecule is O=C(CCC1CCCN1n1nccc(C(F)(F)F)c1=O)N1CCN(c2ncc(C(F)(F)F)cn2)CC1. The highest BCUT2D eigenvalue weighted by atomic mass is 19.4. The van der Waals surface area contributed by atoms with Crippen LogP contribution >= 0.6 is 0 Å². The Morgan fingerprint density at radius 1 is 0.972 bits per heavy atom. The average Bonchev–Trinajstić information content (AvgIpc) is 3.30. The fourth-order valence-electron chi connectivity index (χ4n) is 4.40. The van der Waals surface area contributed by atoms with Gasteiger partial charge in [0, 0.05) is 57.6 Å². The summed E-state index contributed by atoms with van der Waals surface area (Å²) < 4.78 is 77.4. The van der Waals surface area contributed by atoms with E-state index in [0.29, 0.717) is 58.1 Å². The molecule has 2 aromatic heterocycles. The molecule has 0 bridgehead atoms. The van der Waals surface area contributed by atoms with E-state index in [4.69, 9.17) is 0 Å². The molecule has 0 N–H and O–H groups in total. The molecule has 0 saturated carbocycles. The first-order valence-corrected chi connectivity index (χ1v) is 11.3. The first-order chi connectivity index (χ1) is 16.9. The average molecular weight is 519 g/mol. The van der Waals surface area contributed by atoms with Gasteiger partial charge in [-0.15, -0.1) is 4.79 Å². The summed E-state index contributed by atoms with van der Waals surface area (Å²) in [4.78, 5) is 36.7. The molecule has 1 amide bonds. The van der Waals surface area contributed by atoms with Crippen molar-refractivity contribution in [3.63, 3.8) is 0 Å². The fraction of sp³-hybridized carbons (Fsp3) is 0.571. The zero-order valence-corrected chi connectivity index (χ0v) is 19.0. The van der Waals surface area contributed by atoms with E-state index in [1.807, 2.05) is 0 Å². The van der Waals surface area contributed by atoms with Crippen molar-refractivity contribution in [1.82, 2.24) is 24.8 Å². The second kappa shape index (κ2) is 9.93. The number of aromatic nitrogens is 4. The van der Waals surface area contributed by atoms with Crippen LogP contribution < -0.4 is 15.5 Å². The van der Waals surface area contributed by atoms with Crippen LogP contribution in [0, 0.1) is 0 Å². The number of halogens is 6. The van der Waals surface area contributed by atoms with E-state index in [2.05, 4.69) is 15.1 Å². The Hall–Kier alpha value is -3.39. The molecule has 196 valence electrons. The van der Waals surface area contributed by atoms with Crippen molar-refractivity contribution in [3.05, 3.63) is 46.1 Å². The summed E-state index contributed by atoms with van der Waals surface area (Å²) in [6.07, 6.45) is -5.22. The molecule has 0 spiro atoms. The minimum Gasteiger partial charge on any atom is -0.339 e. The molecule has 2 aliphatic rings. The fourth-order valence-corrected chi connectivity index (χ4v) is 4.40. The van der Waals surface area contributed by atoms with E-state index in [1.54, 1.807) is 9.80 Å². The van der Waals surface area contributed by atoms with Gasteiger partial charge in [-0.25, -0.2) is 9.97 Å². The van der Waals surface area contributed by atoms with Gasteiger partial charge in [0.05, 0.1) is 11.8 Å². The van der Waals surface area contributed by atoms with Crippen molar-refractivity contribution in [2.24, 2.45) is 0 Å². The molecule has 0 aromatic carbocycles.